The van der Waals surface area contributed by atoms with E-state index in [-0.39, 0.29) is 25.6 Å². The summed E-state index contributed by atoms with van der Waals surface area (Å²) in [4.78, 5) is 11.9. The molecule has 0 aromatic heterocycles. The lowest BCUT2D eigenvalue weighted by Crippen LogP contribution is -2.36. The van der Waals surface area contributed by atoms with E-state index < -0.39 is 15.9 Å². The zero-order valence-corrected chi connectivity index (χ0v) is 14.5. The van der Waals surface area contributed by atoms with E-state index in [0.717, 1.165) is 4.31 Å². The predicted molar refractivity (Wildman–Crippen MR) is 79.0 cm³/mol. The molecule has 1 amide bonds. The normalized spacial score (nSPS) is 19.1. The summed E-state index contributed by atoms with van der Waals surface area (Å²) in [6.07, 6.45) is 0. The molecule has 0 fully saturated rings. The third-order valence-corrected chi connectivity index (χ3v) is 7.85. The molecule has 1 aliphatic heterocycles. The van der Waals surface area contributed by atoms with Crippen molar-refractivity contribution in [3.8, 4) is 0 Å². The Morgan fingerprint density at radius 1 is 1.17 bits per heavy atom. The first-order valence-electron chi connectivity index (χ1n) is 4.94. The molecule has 4 nitrogen and oxygen atoms in total. The molecule has 2 rings (SSSR count). The van der Waals surface area contributed by atoms with E-state index in [2.05, 4.69) is 47.8 Å². The Morgan fingerprint density at radius 2 is 1.78 bits per heavy atom. The monoisotopic (exact) mass is 459 g/mol. The molecule has 1 aromatic carbocycles. The van der Waals surface area contributed by atoms with Gasteiger partial charge in [0.1, 0.15) is 4.90 Å². The second-order valence-electron chi connectivity index (χ2n) is 3.69. The number of fused-ring (bicyclic) bond motifs is 1. The average molecular weight is 462 g/mol. The van der Waals surface area contributed by atoms with Crippen molar-refractivity contribution in [3.05, 3.63) is 29.8 Å². The number of sulfonamides is 1. The summed E-state index contributed by atoms with van der Waals surface area (Å²) in [6, 6.07) is 6.24. The summed E-state index contributed by atoms with van der Waals surface area (Å²) in [5, 5.41) is 0. The lowest BCUT2D eigenvalue weighted by Gasteiger charge is -2.19. The van der Waals surface area contributed by atoms with Crippen LogP contribution in [-0.2, 0) is 10.0 Å². The van der Waals surface area contributed by atoms with Crippen LogP contribution in [0.5, 0.6) is 0 Å². The van der Waals surface area contributed by atoms with Crippen LogP contribution in [-0.4, -0.2) is 33.7 Å². The maximum Gasteiger partial charge on any atom is 0.269 e. The van der Waals surface area contributed by atoms with Gasteiger partial charge in [-0.1, -0.05) is 59.9 Å². The number of hydrogen-bond donors (Lipinski definition) is 0. The molecule has 1 aliphatic rings. The van der Waals surface area contributed by atoms with Gasteiger partial charge in [0.2, 0.25) is 0 Å². The van der Waals surface area contributed by atoms with Crippen molar-refractivity contribution in [1.29, 1.82) is 0 Å². The topological polar surface area (TPSA) is 54.5 Å². The van der Waals surface area contributed by atoms with Crippen molar-refractivity contribution in [2.45, 2.75) is 13.5 Å². The van der Waals surface area contributed by atoms with Gasteiger partial charge >= 0.3 is 0 Å². The van der Waals surface area contributed by atoms with Crippen molar-refractivity contribution in [3.63, 3.8) is 0 Å². The van der Waals surface area contributed by atoms with E-state index in [1.807, 2.05) is 0 Å². The quantitative estimate of drug-likeness (QED) is 0.650. The predicted octanol–water partition coefficient (Wildman–Crippen LogP) is 2.71. The fourth-order valence-electron chi connectivity index (χ4n) is 1.65. The molecule has 0 saturated carbocycles. The molecule has 0 radical (unpaired) electrons. The van der Waals surface area contributed by atoms with Gasteiger partial charge in [0, 0.05) is 0 Å². The second kappa shape index (κ2) is 5.22. The van der Waals surface area contributed by atoms with Crippen molar-refractivity contribution in [2.24, 2.45) is 0 Å². The highest BCUT2D eigenvalue weighted by molar-refractivity contribution is 9.25. The van der Waals surface area contributed by atoms with Crippen molar-refractivity contribution in [1.82, 2.24) is 4.31 Å². The van der Waals surface area contributed by atoms with Gasteiger partial charge in [-0.15, -0.1) is 0 Å². The van der Waals surface area contributed by atoms with Crippen LogP contribution in [0, 0.1) is 0 Å². The van der Waals surface area contributed by atoms with Crippen LogP contribution in [0.3, 0.4) is 0 Å². The Hall–Kier alpha value is 0.0800. The molecule has 0 N–H and O–H groups in total. The smallest absolute Gasteiger partial charge is 0.268 e. The Kier molecular flexibility index (Phi) is 4.20. The van der Waals surface area contributed by atoms with Gasteiger partial charge in [-0.25, -0.2) is 12.7 Å². The molecule has 1 aromatic rings. The van der Waals surface area contributed by atoms with Crippen LogP contribution in [0.25, 0.3) is 0 Å². The SMILES string of the molecule is O=C1c2ccccc2S(=O)(=O)N1CC(Br)C(Br)Br. The van der Waals surface area contributed by atoms with Crippen LogP contribution >= 0.6 is 47.8 Å². The third-order valence-electron chi connectivity index (χ3n) is 2.53. The average Bonchev–Trinajstić information content (AvgIpc) is 2.51. The molecule has 0 bridgehead atoms. The maximum absolute atomic E-state index is 12.2. The Balaban J connectivity index is 2.40. The summed E-state index contributed by atoms with van der Waals surface area (Å²) in [7, 11) is -3.71. The van der Waals surface area contributed by atoms with E-state index in [9.17, 15) is 13.2 Å². The number of nitrogens with zero attached hydrogens (tertiary/aromatic N) is 1. The third kappa shape index (κ3) is 2.39. The molecule has 8 heteroatoms. The minimum atomic E-state index is -3.71. The molecule has 1 atom stereocenters. The van der Waals surface area contributed by atoms with Gasteiger partial charge in [-0.2, -0.15) is 0 Å². The van der Waals surface area contributed by atoms with Gasteiger partial charge in [-0.05, 0) is 12.1 Å². The first-order chi connectivity index (χ1) is 8.35. The number of halogens is 3. The van der Waals surface area contributed by atoms with Crippen LogP contribution in [0.15, 0.2) is 29.2 Å². The summed E-state index contributed by atoms with van der Waals surface area (Å²) >= 11 is 9.88. The van der Waals surface area contributed by atoms with E-state index in [0.29, 0.717) is 0 Å². The van der Waals surface area contributed by atoms with E-state index in [1.54, 1.807) is 12.1 Å². The number of rotatable bonds is 3. The summed E-state index contributed by atoms with van der Waals surface area (Å²) < 4.78 is 25.2. The zero-order chi connectivity index (χ0) is 13.5. The maximum atomic E-state index is 12.2. The Bertz CT molecular complexity index is 588. The minimum absolute atomic E-state index is 0.0665. The highest BCUT2D eigenvalue weighted by atomic mass is 79.9. The molecule has 0 spiro atoms. The minimum Gasteiger partial charge on any atom is -0.268 e. The molecule has 18 heavy (non-hydrogen) atoms. The molecule has 0 saturated heterocycles. The first-order valence-corrected chi connectivity index (χ1v) is 9.12. The van der Waals surface area contributed by atoms with Crippen molar-refractivity contribution >= 4 is 63.7 Å². The van der Waals surface area contributed by atoms with Crippen LogP contribution in [0.1, 0.15) is 10.4 Å². The molecule has 98 valence electrons. The van der Waals surface area contributed by atoms with E-state index >= 15 is 0 Å². The molecule has 0 aliphatic carbocycles. The largest absolute Gasteiger partial charge is 0.269 e. The number of benzene rings is 1. The van der Waals surface area contributed by atoms with E-state index in [4.69, 9.17) is 0 Å². The molecular weight excluding hydrogens is 454 g/mol. The highest BCUT2D eigenvalue weighted by Gasteiger charge is 2.41. The van der Waals surface area contributed by atoms with Crippen LogP contribution in [0.4, 0.5) is 0 Å². The van der Waals surface area contributed by atoms with Crippen molar-refractivity contribution in [2.75, 3.05) is 6.54 Å². The number of hydrogen-bond acceptors (Lipinski definition) is 3. The fraction of sp³-hybridized carbons (Fsp3) is 0.300. The number of carbonyl (C=O) groups is 1. The standard InChI is InChI=1S/C10H8Br3NO3S/c11-7(9(12)13)5-14-10(15)6-3-1-2-4-8(6)18(14,16)17/h1-4,7,9H,5H2. The van der Waals surface area contributed by atoms with Crippen LogP contribution in [0.2, 0.25) is 0 Å². The molecule has 1 unspecified atom stereocenters. The molecule has 1 heterocycles. The van der Waals surface area contributed by atoms with Gasteiger partial charge in [0.15, 0.2) is 0 Å². The number of carbonyl (C=O) groups excluding carboxylic acids is 1. The van der Waals surface area contributed by atoms with Gasteiger partial charge in [0.25, 0.3) is 15.9 Å². The summed E-state index contributed by atoms with van der Waals surface area (Å²) in [5.41, 5.74) is 0.234. The number of amides is 1. The summed E-state index contributed by atoms with van der Waals surface area (Å²) in [5.74, 6) is -0.476. The summed E-state index contributed by atoms with van der Waals surface area (Å²) in [6.45, 7) is 0.0665. The van der Waals surface area contributed by atoms with Gasteiger partial charge in [0.05, 0.1) is 20.7 Å². The fourth-order valence-corrected chi connectivity index (χ4v) is 4.06. The molecular formula is C10H8Br3NO3S. The van der Waals surface area contributed by atoms with Crippen molar-refractivity contribution < 1.29 is 13.2 Å². The highest BCUT2D eigenvalue weighted by Crippen LogP contribution is 2.32. The Labute approximate surface area is 130 Å². The lowest BCUT2D eigenvalue weighted by atomic mass is 10.2. The Morgan fingerprint density at radius 3 is 2.33 bits per heavy atom. The van der Waals surface area contributed by atoms with E-state index in [1.165, 1.54) is 12.1 Å². The van der Waals surface area contributed by atoms with Gasteiger partial charge in [-0.3, -0.25) is 4.79 Å². The number of alkyl halides is 3. The lowest BCUT2D eigenvalue weighted by molar-refractivity contribution is 0.0872. The zero-order valence-electron chi connectivity index (χ0n) is 8.89. The van der Waals surface area contributed by atoms with Crippen LogP contribution < -0.4 is 0 Å². The second-order valence-corrected chi connectivity index (χ2v) is 9.90. The van der Waals surface area contributed by atoms with Gasteiger partial charge < -0.3 is 0 Å². The first kappa shape index (κ1) is 14.5.